The maximum atomic E-state index is 12.4. The van der Waals surface area contributed by atoms with E-state index in [1.54, 1.807) is 6.92 Å². The Morgan fingerprint density at radius 1 is 1.37 bits per heavy atom. The Hall–Kier alpha value is -1.76. The van der Waals surface area contributed by atoms with E-state index in [4.69, 9.17) is 16.1 Å². The van der Waals surface area contributed by atoms with E-state index in [0.29, 0.717) is 17.4 Å². The fourth-order valence-electron chi connectivity index (χ4n) is 1.42. The summed E-state index contributed by atoms with van der Waals surface area (Å²) < 4.78 is 42.2. The molecule has 0 aliphatic rings. The van der Waals surface area contributed by atoms with E-state index in [1.165, 1.54) is 6.07 Å². The van der Waals surface area contributed by atoms with Crippen molar-refractivity contribution in [3.63, 3.8) is 0 Å². The maximum Gasteiger partial charge on any atom is 0.416 e. The molecule has 0 radical (unpaired) electrons. The summed E-state index contributed by atoms with van der Waals surface area (Å²) >= 11 is 5.78. The lowest BCUT2D eigenvalue weighted by atomic mass is 10.2. The van der Waals surface area contributed by atoms with Crippen molar-refractivity contribution in [2.45, 2.75) is 19.6 Å². The zero-order chi connectivity index (χ0) is 14.0. The molecule has 0 fully saturated rings. The van der Waals surface area contributed by atoms with Gasteiger partial charge in [0, 0.05) is 0 Å². The SMILES string of the molecule is Cc1noc(CNc2ccc(C(F)(F)F)cc2Cl)n1. The molecular formula is C11H9ClF3N3O. The van der Waals surface area contributed by atoms with Crippen molar-refractivity contribution in [1.82, 2.24) is 10.1 Å². The van der Waals surface area contributed by atoms with Crippen LogP contribution < -0.4 is 5.32 Å². The average molecular weight is 292 g/mol. The molecule has 1 aromatic heterocycles. The fraction of sp³-hybridized carbons (Fsp3) is 0.273. The van der Waals surface area contributed by atoms with Crippen LogP contribution in [0, 0.1) is 6.92 Å². The molecule has 0 aliphatic heterocycles. The molecule has 0 spiro atoms. The third kappa shape index (κ3) is 3.37. The van der Waals surface area contributed by atoms with Crippen LogP contribution in [-0.4, -0.2) is 10.1 Å². The Labute approximate surface area is 111 Å². The maximum absolute atomic E-state index is 12.4. The quantitative estimate of drug-likeness (QED) is 0.937. The van der Waals surface area contributed by atoms with Gasteiger partial charge in [0.05, 0.1) is 22.8 Å². The Kier molecular flexibility index (Phi) is 3.66. The van der Waals surface area contributed by atoms with Crippen LogP contribution in [0.15, 0.2) is 22.7 Å². The number of halogens is 4. The van der Waals surface area contributed by atoms with Crippen molar-refractivity contribution in [1.29, 1.82) is 0 Å². The van der Waals surface area contributed by atoms with E-state index in [0.717, 1.165) is 12.1 Å². The van der Waals surface area contributed by atoms with E-state index in [-0.39, 0.29) is 11.6 Å². The van der Waals surface area contributed by atoms with Crippen LogP contribution in [0.2, 0.25) is 5.02 Å². The normalized spacial score (nSPS) is 11.6. The molecule has 102 valence electrons. The van der Waals surface area contributed by atoms with Gasteiger partial charge in [0.2, 0.25) is 5.89 Å². The van der Waals surface area contributed by atoms with Crippen LogP contribution in [0.3, 0.4) is 0 Å². The highest BCUT2D eigenvalue weighted by atomic mass is 35.5. The van der Waals surface area contributed by atoms with Crippen molar-refractivity contribution < 1.29 is 17.7 Å². The first-order chi connectivity index (χ1) is 8.86. The van der Waals surface area contributed by atoms with Crippen LogP contribution in [0.4, 0.5) is 18.9 Å². The topological polar surface area (TPSA) is 51.0 Å². The molecule has 2 aromatic rings. The molecule has 0 saturated heterocycles. The van der Waals surface area contributed by atoms with Crippen LogP contribution in [0.5, 0.6) is 0 Å². The molecule has 0 unspecified atom stereocenters. The first-order valence-corrected chi connectivity index (χ1v) is 5.64. The van der Waals surface area contributed by atoms with E-state index in [9.17, 15) is 13.2 Å². The number of hydrogen-bond acceptors (Lipinski definition) is 4. The molecule has 0 saturated carbocycles. The molecular weight excluding hydrogens is 283 g/mol. The predicted octanol–water partition coefficient (Wildman–Crippen LogP) is 3.66. The van der Waals surface area contributed by atoms with Gasteiger partial charge in [-0.2, -0.15) is 18.2 Å². The highest BCUT2D eigenvalue weighted by molar-refractivity contribution is 6.33. The van der Waals surface area contributed by atoms with Crippen molar-refractivity contribution >= 4 is 17.3 Å². The monoisotopic (exact) mass is 291 g/mol. The molecule has 4 nitrogen and oxygen atoms in total. The molecule has 2 rings (SSSR count). The molecule has 0 atom stereocenters. The molecule has 0 aliphatic carbocycles. The summed E-state index contributed by atoms with van der Waals surface area (Å²) in [5.74, 6) is 0.809. The number of alkyl halides is 3. The van der Waals surface area contributed by atoms with Crippen molar-refractivity contribution in [3.8, 4) is 0 Å². The first-order valence-electron chi connectivity index (χ1n) is 5.26. The summed E-state index contributed by atoms with van der Waals surface area (Å²) in [6.45, 7) is 1.85. The van der Waals surface area contributed by atoms with Gasteiger partial charge in [-0.3, -0.25) is 0 Å². The number of hydrogen-bond donors (Lipinski definition) is 1. The van der Waals surface area contributed by atoms with Gasteiger partial charge in [-0.25, -0.2) is 0 Å². The van der Waals surface area contributed by atoms with Gasteiger partial charge >= 0.3 is 6.18 Å². The van der Waals surface area contributed by atoms with Crippen LogP contribution in [0.1, 0.15) is 17.3 Å². The molecule has 0 bridgehead atoms. The van der Waals surface area contributed by atoms with E-state index in [2.05, 4.69) is 15.5 Å². The average Bonchev–Trinajstić information content (AvgIpc) is 2.72. The zero-order valence-corrected chi connectivity index (χ0v) is 10.5. The Balaban J connectivity index is 2.09. The van der Waals surface area contributed by atoms with Gasteiger partial charge in [-0.1, -0.05) is 16.8 Å². The largest absolute Gasteiger partial charge is 0.416 e. The first kappa shape index (κ1) is 13.7. The second-order valence-electron chi connectivity index (χ2n) is 3.78. The lowest BCUT2D eigenvalue weighted by Gasteiger charge is -2.10. The molecule has 1 heterocycles. The molecule has 1 N–H and O–H groups in total. The number of aromatic nitrogens is 2. The number of nitrogens with one attached hydrogen (secondary N) is 1. The molecule has 8 heteroatoms. The van der Waals surface area contributed by atoms with Gasteiger partial charge in [0.1, 0.15) is 0 Å². The summed E-state index contributed by atoms with van der Waals surface area (Å²) in [5.41, 5.74) is -0.429. The summed E-state index contributed by atoms with van der Waals surface area (Å²) in [7, 11) is 0. The van der Waals surface area contributed by atoms with Crippen LogP contribution in [-0.2, 0) is 12.7 Å². The van der Waals surface area contributed by atoms with Crippen molar-refractivity contribution in [2.75, 3.05) is 5.32 Å². The Morgan fingerprint density at radius 3 is 2.63 bits per heavy atom. The fourth-order valence-corrected chi connectivity index (χ4v) is 1.66. The minimum absolute atomic E-state index is 0.0222. The lowest BCUT2D eigenvalue weighted by Crippen LogP contribution is -2.06. The van der Waals surface area contributed by atoms with E-state index < -0.39 is 11.7 Å². The third-order valence-electron chi connectivity index (χ3n) is 2.30. The lowest BCUT2D eigenvalue weighted by molar-refractivity contribution is -0.137. The number of benzene rings is 1. The summed E-state index contributed by atoms with van der Waals surface area (Å²) in [4.78, 5) is 3.95. The minimum atomic E-state index is -4.41. The third-order valence-corrected chi connectivity index (χ3v) is 2.61. The summed E-state index contributed by atoms with van der Waals surface area (Å²) in [5, 5.41) is 6.39. The Morgan fingerprint density at radius 2 is 2.11 bits per heavy atom. The highest BCUT2D eigenvalue weighted by Crippen LogP contribution is 2.33. The standard InChI is InChI=1S/C11H9ClF3N3O/c1-6-17-10(19-18-6)5-16-9-3-2-7(4-8(9)12)11(13,14)15/h2-4,16H,5H2,1H3. The van der Waals surface area contributed by atoms with Gasteiger partial charge < -0.3 is 9.84 Å². The summed E-state index contributed by atoms with van der Waals surface area (Å²) in [6.07, 6.45) is -4.41. The molecule has 1 aromatic carbocycles. The van der Waals surface area contributed by atoms with Crippen LogP contribution in [0.25, 0.3) is 0 Å². The summed E-state index contributed by atoms with van der Waals surface area (Å²) in [6, 6.07) is 3.07. The Bertz CT molecular complexity index is 583. The second kappa shape index (κ2) is 5.08. The van der Waals surface area contributed by atoms with Gasteiger partial charge in [-0.15, -0.1) is 0 Å². The van der Waals surface area contributed by atoms with Gasteiger partial charge in [0.15, 0.2) is 5.82 Å². The second-order valence-corrected chi connectivity index (χ2v) is 4.19. The molecule has 19 heavy (non-hydrogen) atoms. The number of aryl methyl sites for hydroxylation is 1. The number of nitrogens with zero attached hydrogens (tertiary/aromatic N) is 2. The highest BCUT2D eigenvalue weighted by Gasteiger charge is 2.30. The smallest absolute Gasteiger partial charge is 0.375 e. The van der Waals surface area contributed by atoms with Gasteiger partial charge in [0.25, 0.3) is 0 Å². The minimum Gasteiger partial charge on any atom is -0.375 e. The number of rotatable bonds is 3. The predicted molar refractivity (Wildman–Crippen MR) is 62.8 cm³/mol. The van der Waals surface area contributed by atoms with E-state index in [1.807, 2.05) is 0 Å². The van der Waals surface area contributed by atoms with Gasteiger partial charge in [-0.05, 0) is 25.1 Å². The zero-order valence-electron chi connectivity index (χ0n) is 9.75. The van der Waals surface area contributed by atoms with Crippen LogP contribution >= 0.6 is 11.6 Å². The van der Waals surface area contributed by atoms with E-state index >= 15 is 0 Å². The van der Waals surface area contributed by atoms with Crippen molar-refractivity contribution in [3.05, 3.63) is 40.5 Å². The number of anilines is 1. The van der Waals surface area contributed by atoms with Crippen molar-refractivity contribution in [2.24, 2.45) is 0 Å². The molecule has 0 amide bonds.